The van der Waals surface area contributed by atoms with Crippen LogP contribution >= 0.6 is 0 Å². The van der Waals surface area contributed by atoms with Crippen LogP contribution in [0.1, 0.15) is 53.9 Å². The number of nitriles is 1. The smallest absolute Gasteiger partial charge is 0.351 e. The molecule has 0 aromatic carbocycles. The molecular weight excluding hydrogens is 415 g/mol. The fraction of sp³-hybridized carbons (Fsp3) is 0.800. The summed E-state index contributed by atoms with van der Waals surface area (Å²) in [6.45, 7) is 6.77. The number of hydrogen-bond acceptors (Lipinski definition) is 5. The largest absolute Gasteiger partial charge is 0.401 e. The second-order valence-corrected chi connectivity index (χ2v) is 9.61. The van der Waals surface area contributed by atoms with Gasteiger partial charge >= 0.3 is 6.18 Å². The van der Waals surface area contributed by atoms with Crippen molar-refractivity contribution in [3.8, 4) is 6.07 Å². The number of carbonyl (C=O) groups is 3. The second kappa shape index (κ2) is 10.3. The standard InChI is InChI=1S/C20H32F3N5O3/c1-18(2,3)15(26-11-20(21,22)23)17(31)25-10-14(29)27-13(9-24)8-12-6-7-19(4,5)28-16(12)30/h12-13,15,26H,6-8,10-11H2,1-5H3,(H,25,31)(H,27,29)(H,28,30). The number of halogens is 3. The highest BCUT2D eigenvalue weighted by atomic mass is 19.4. The van der Waals surface area contributed by atoms with Gasteiger partial charge in [0, 0.05) is 11.5 Å². The van der Waals surface area contributed by atoms with Crippen molar-refractivity contribution in [3.05, 3.63) is 0 Å². The van der Waals surface area contributed by atoms with Gasteiger partial charge in [0.2, 0.25) is 17.7 Å². The van der Waals surface area contributed by atoms with Crippen molar-refractivity contribution >= 4 is 17.7 Å². The van der Waals surface area contributed by atoms with Crippen molar-refractivity contribution in [2.24, 2.45) is 11.3 Å². The Bertz CT molecular complexity index is 710. The van der Waals surface area contributed by atoms with Crippen molar-refractivity contribution in [2.75, 3.05) is 13.1 Å². The van der Waals surface area contributed by atoms with Gasteiger partial charge in [-0.1, -0.05) is 20.8 Å². The number of nitrogens with zero attached hydrogens (tertiary/aromatic N) is 1. The number of hydrogen-bond donors (Lipinski definition) is 4. The average Bonchev–Trinajstić information content (AvgIpc) is 2.59. The summed E-state index contributed by atoms with van der Waals surface area (Å²) in [5, 5.41) is 19.1. The summed E-state index contributed by atoms with van der Waals surface area (Å²) < 4.78 is 37.5. The van der Waals surface area contributed by atoms with Gasteiger partial charge in [-0.15, -0.1) is 0 Å². The highest BCUT2D eigenvalue weighted by molar-refractivity contribution is 5.88. The van der Waals surface area contributed by atoms with Gasteiger partial charge in [0.25, 0.3) is 0 Å². The molecule has 1 heterocycles. The highest BCUT2D eigenvalue weighted by Gasteiger charge is 2.36. The molecule has 0 bridgehead atoms. The molecular formula is C20H32F3N5O3. The Morgan fingerprint density at radius 2 is 1.90 bits per heavy atom. The summed E-state index contributed by atoms with van der Waals surface area (Å²) in [4.78, 5) is 36.7. The Hall–Kier alpha value is -2.35. The summed E-state index contributed by atoms with van der Waals surface area (Å²) in [6.07, 6.45) is -3.02. The third-order valence-corrected chi connectivity index (χ3v) is 5.02. The summed E-state index contributed by atoms with van der Waals surface area (Å²) in [7, 11) is 0. The first-order chi connectivity index (χ1) is 14.0. The lowest BCUT2D eigenvalue weighted by molar-refractivity contribution is -0.136. The molecule has 31 heavy (non-hydrogen) atoms. The number of amides is 3. The number of alkyl halides is 3. The van der Waals surface area contributed by atoms with E-state index in [2.05, 4.69) is 21.3 Å². The molecule has 11 heteroatoms. The van der Waals surface area contributed by atoms with Crippen LogP contribution in [0.4, 0.5) is 13.2 Å². The van der Waals surface area contributed by atoms with Gasteiger partial charge in [-0.3, -0.25) is 19.7 Å². The van der Waals surface area contributed by atoms with Crippen LogP contribution in [0.3, 0.4) is 0 Å². The first kappa shape index (κ1) is 26.7. The Morgan fingerprint density at radius 1 is 1.29 bits per heavy atom. The van der Waals surface area contributed by atoms with Gasteiger partial charge < -0.3 is 16.0 Å². The molecule has 0 spiro atoms. The molecule has 4 N–H and O–H groups in total. The zero-order valence-corrected chi connectivity index (χ0v) is 18.6. The maximum Gasteiger partial charge on any atom is 0.401 e. The quantitative estimate of drug-likeness (QED) is 0.448. The molecule has 1 fully saturated rings. The lowest BCUT2D eigenvalue weighted by Gasteiger charge is -2.35. The minimum atomic E-state index is -4.48. The molecule has 0 aromatic heterocycles. The predicted molar refractivity (Wildman–Crippen MR) is 107 cm³/mol. The zero-order valence-electron chi connectivity index (χ0n) is 18.6. The Morgan fingerprint density at radius 3 is 2.39 bits per heavy atom. The van der Waals surface area contributed by atoms with E-state index in [0.29, 0.717) is 6.42 Å². The van der Waals surface area contributed by atoms with Crippen molar-refractivity contribution in [1.82, 2.24) is 21.3 Å². The predicted octanol–water partition coefficient (Wildman–Crippen LogP) is 1.37. The summed E-state index contributed by atoms with van der Waals surface area (Å²) in [6, 6.07) is -0.174. The minimum absolute atomic E-state index is 0.135. The van der Waals surface area contributed by atoms with Crippen molar-refractivity contribution < 1.29 is 27.6 Å². The molecule has 3 amide bonds. The summed E-state index contributed by atoms with van der Waals surface area (Å²) in [5.41, 5.74) is -1.14. The van der Waals surface area contributed by atoms with E-state index >= 15 is 0 Å². The van der Waals surface area contributed by atoms with Crippen LogP contribution in [0, 0.1) is 22.7 Å². The first-order valence-electron chi connectivity index (χ1n) is 10.1. The van der Waals surface area contributed by atoms with E-state index in [-0.39, 0.29) is 17.9 Å². The van der Waals surface area contributed by atoms with Gasteiger partial charge in [-0.05, 0) is 38.5 Å². The summed E-state index contributed by atoms with van der Waals surface area (Å²) >= 11 is 0. The highest BCUT2D eigenvalue weighted by Crippen LogP contribution is 2.26. The van der Waals surface area contributed by atoms with Crippen LogP contribution in [0.5, 0.6) is 0 Å². The van der Waals surface area contributed by atoms with Crippen molar-refractivity contribution in [2.45, 2.75) is 77.7 Å². The molecule has 0 aromatic rings. The number of carbonyl (C=O) groups excluding carboxylic acids is 3. The fourth-order valence-corrected chi connectivity index (χ4v) is 3.34. The van der Waals surface area contributed by atoms with Crippen molar-refractivity contribution in [3.63, 3.8) is 0 Å². The summed E-state index contributed by atoms with van der Waals surface area (Å²) in [5.74, 6) is -2.01. The van der Waals surface area contributed by atoms with Crippen LogP contribution < -0.4 is 21.3 Å². The van der Waals surface area contributed by atoms with E-state index in [4.69, 9.17) is 0 Å². The van der Waals surface area contributed by atoms with E-state index in [1.54, 1.807) is 20.8 Å². The molecule has 176 valence electrons. The van der Waals surface area contributed by atoms with Crippen molar-refractivity contribution in [1.29, 1.82) is 5.26 Å². The molecule has 8 nitrogen and oxygen atoms in total. The zero-order chi connectivity index (χ0) is 24.0. The Labute approximate surface area is 180 Å². The topological polar surface area (TPSA) is 123 Å². The van der Waals surface area contributed by atoms with E-state index in [1.165, 1.54) is 0 Å². The molecule has 1 aliphatic rings. The molecule has 0 saturated carbocycles. The van der Waals surface area contributed by atoms with Crippen LogP contribution in [0.2, 0.25) is 0 Å². The van der Waals surface area contributed by atoms with Gasteiger partial charge in [-0.2, -0.15) is 18.4 Å². The monoisotopic (exact) mass is 447 g/mol. The fourth-order valence-electron chi connectivity index (χ4n) is 3.34. The van der Waals surface area contributed by atoms with Gasteiger partial charge in [-0.25, -0.2) is 0 Å². The van der Waals surface area contributed by atoms with E-state index in [0.717, 1.165) is 6.42 Å². The molecule has 3 atom stereocenters. The Balaban J connectivity index is 2.58. The average molecular weight is 448 g/mol. The molecule has 1 rings (SSSR count). The molecule has 0 aliphatic carbocycles. The van der Waals surface area contributed by atoms with E-state index in [1.807, 2.05) is 19.9 Å². The number of nitrogens with one attached hydrogen (secondary N) is 4. The molecule has 3 unspecified atom stereocenters. The van der Waals surface area contributed by atoms with E-state index in [9.17, 15) is 32.8 Å². The molecule has 0 radical (unpaired) electrons. The molecule has 1 saturated heterocycles. The minimum Gasteiger partial charge on any atom is -0.351 e. The first-order valence-corrected chi connectivity index (χ1v) is 10.1. The van der Waals surface area contributed by atoms with Gasteiger partial charge in [0.15, 0.2) is 0 Å². The normalized spacial score (nSPS) is 20.7. The van der Waals surface area contributed by atoms with Gasteiger partial charge in [0.05, 0.1) is 25.2 Å². The maximum absolute atomic E-state index is 12.5. The lowest BCUT2D eigenvalue weighted by atomic mass is 9.83. The lowest BCUT2D eigenvalue weighted by Crippen LogP contribution is -2.55. The number of rotatable bonds is 8. The third kappa shape index (κ3) is 9.55. The van der Waals surface area contributed by atoms with Crippen LogP contribution in [-0.4, -0.2) is 54.6 Å². The SMILES string of the molecule is CC1(C)CCC(CC(C#N)NC(=O)CNC(=O)C(NCC(F)(F)F)C(C)(C)C)C(=O)N1. The second-order valence-electron chi connectivity index (χ2n) is 9.61. The van der Waals surface area contributed by atoms with Crippen LogP contribution in [-0.2, 0) is 14.4 Å². The maximum atomic E-state index is 12.5. The van der Waals surface area contributed by atoms with Crippen LogP contribution in [0.25, 0.3) is 0 Å². The van der Waals surface area contributed by atoms with E-state index < -0.39 is 54.5 Å². The molecule has 1 aliphatic heterocycles. The Kier molecular flexibility index (Phi) is 8.87. The van der Waals surface area contributed by atoms with Crippen LogP contribution in [0.15, 0.2) is 0 Å². The van der Waals surface area contributed by atoms with Gasteiger partial charge in [0.1, 0.15) is 6.04 Å². The number of piperidine rings is 1. The third-order valence-electron chi connectivity index (χ3n) is 5.02.